The van der Waals surface area contributed by atoms with Crippen LogP contribution in [0.1, 0.15) is 13.8 Å². The van der Waals surface area contributed by atoms with Crippen LogP contribution in [-0.2, 0) is 0 Å². The summed E-state index contributed by atoms with van der Waals surface area (Å²) < 4.78 is 12.4. The van der Waals surface area contributed by atoms with E-state index < -0.39 is 0 Å². The van der Waals surface area contributed by atoms with E-state index in [0.29, 0.717) is 21.4 Å². The monoisotopic (exact) mass is 364 g/mol. The van der Waals surface area contributed by atoms with Crippen molar-refractivity contribution in [3.8, 4) is 28.4 Å². The van der Waals surface area contributed by atoms with Gasteiger partial charge in [-0.3, -0.25) is 4.94 Å². The van der Waals surface area contributed by atoms with E-state index >= 15 is 0 Å². The first kappa shape index (κ1) is 18.2. The smallest absolute Gasteiger partial charge is 0.272 e. The summed E-state index contributed by atoms with van der Waals surface area (Å²) in [5.74, 6) is -0.206. The van der Waals surface area contributed by atoms with Gasteiger partial charge in [0.2, 0.25) is 0 Å². The normalized spacial score (nSPS) is 9.88. The molecule has 124 valence electrons. The van der Waals surface area contributed by atoms with E-state index in [4.69, 9.17) is 23.2 Å². The number of rotatable bonds is 3. The van der Waals surface area contributed by atoms with Gasteiger partial charge in [-0.15, -0.1) is 0 Å². The quantitative estimate of drug-likeness (QED) is 0.538. The Morgan fingerprint density at radius 1 is 0.792 bits per heavy atom. The van der Waals surface area contributed by atoms with Crippen LogP contribution in [0.15, 0.2) is 54.7 Å². The highest BCUT2D eigenvalue weighted by molar-refractivity contribution is 6.31. The molecule has 3 aromatic rings. The topological polar surface area (TPSA) is 35.0 Å². The summed E-state index contributed by atoms with van der Waals surface area (Å²) in [4.78, 5) is 12.1. The standard InChI is InChI=1S/C16H9Cl2FN2O.C2H6/c17-12-5-1-10(2-6-12)15-16(21-14(22-19)9-20-15)11-3-7-13(18)8-4-11;1-2/h1-9H;1-2H3. The van der Waals surface area contributed by atoms with Crippen LogP contribution in [0.4, 0.5) is 4.53 Å². The molecule has 0 aliphatic rings. The molecule has 0 atom stereocenters. The van der Waals surface area contributed by atoms with Gasteiger partial charge in [0.25, 0.3) is 5.88 Å². The molecule has 0 saturated carbocycles. The molecule has 0 bridgehead atoms. The molecule has 24 heavy (non-hydrogen) atoms. The lowest BCUT2D eigenvalue weighted by Gasteiger charge is -2.09. The van der Waals surface area contributed by atoms with Gasteiger partial charge in [-0.25, -0.2) is 9.97 Å². The maximum atomic E-state index is 12.4. The molecule has 0 aliphatic heterocycles. The van der Waals surface area contributed by atoms with Crippen LogP contribution in [0.3, 0.4) is 0 Å². The third-order valence-corrected chi connectivity index (χ3v) is 3.57. The summed E-state index contributed by atoms with van der Waals surface area (Å²) in [6, 6.07) is 14.2. The summed E-state index contributed by atoms with van der Waals surface area (Å²) in [6.45, 7) is 4.00. The molecule has 3 rings (SSSR count). The fraction of sp³-hybridized carbons (Fsp3) is 0.111. The highest BCUT2D eigenvalue weighted by atomic mass is 35.5. The van der Waals surface area contributed by atoms with Crippen molar-refractivity contribution in [3.05, 3.63) is 64.8 Å². The minimum atomic E-state index is -0.206. The van der Waals surface area contributed by atoms with Crippen LogP contribution in [0.25, 0.3) is 22.5 Å². The van der Waals surface area contributed by atoms with Gasteiger partial charge in [-0.2, -0.15) is 0 Å². The lowest BCUT2D eigenvalue weighted by Crippen LogP contribution is -1.95. The predicted octanol–water partition coefficient (Wildman–Crippen LogP) is 6.41. The van der Waals surface area contributed by atoms with Crippen molar-refractivity contribution in [2.75, 3.05) is 0 Å². The Kier molecular flexibility index (Phi) is 6.53. The van der Waals surface area contributed by atoms with Crippen molar-refractivity contribution in [3.63, 3.8) is 0 Å². The number of hydrogen-bond donors (Lipinski definition) is 0. The molecule has 3 nitrogen and oxygen atoms in total. The van der Waals surface area contributed by atoms with Gasteiger partial charge in [0.05, 0.1) is 11.9 Å². The number of halogens is 3. The first-order valence-corrected chi connectivity index (χ1v) is 8.10. The van der Waals surface area contributed by atoms with Crippen LogP contribution in [-0.4, -0.2) is 9.97 Å². The molecule has 0 fully saturated rings. The van der Waals surface area contributed by atoms with Gasteiger partial charge in [0, 0.05) is 25.7 Å². The van der Waals surface area contributed by atoms with Crippen LogP contribution in [0, 0.1) is 0 Å². The lowest BCUT2D eigenvalue weighted by atomic mass is 10.0. The van der Waals surface area contributed by atoms with Gasteiger partial charge < -0.3 is 0 Å². The molecule has 1 heterocycles. The second-order valence-electron chi connectivity index (χ2n) is 4.50. The highest BCUT2D eigenvalue weighted by Crippen LogP contribution is 2.31. The maximum Gasteiger partial charge on any atom is 0.281 e. The van der Waals surface area contributed by atoms with Crippen LogP contribution < -0.4 is 4.94 Å². The molecule has 0 spiro atoms. The van der Waals surface area contributed by atoms with Crippen LogP contribution in [0.5, 0.6) is 5.88 Å². The van der Waals surface area contributed by atoms with Crippen LogP contribution >= 0.6 is 23.2 Å². The zero-order valence-electron chi connectivity index (χ0n) is 13.1. The molecule has 0 amide bonds. The lowest BCUT2D eigenvalue weighted by molar-refractivity contribution is -0.0121. The Morgan fingerprint density at radius 2 is 1.25 bits per heavy atom. The van der Waals surface area contributed by atoms with Crippen molar-refractivity contribution >= 4 is 23.2 Å². The maximum absolute atomic E-state index is 12.4. The first-order valence-electron chi connectivity index (χ1n) is 7.35. The van der Waals surface area contributed by atoms with E-state index in [1.54, 1.807) is 36.4 Å². The van der Waals surface area contributed by atoms with Crippen molar-refractivity contribution < 1.29 is 9.47 Å². The minimum absolute atomic E-state index is 0.206. The first-order chi connectivity index (χ1) is 11.7. The summed E-state index contributed by atoms with van der Waals surface area (Å²) in [5, 5.41) is 1.22. The molecule has 0 N–H and O–H groups in total. The van der Waals surface area contributed by atoms with E-state index in [0.717, 1.165) is 11.1 Å². The highest BCUT2D eigenvalue weighted by Gasteiger charge is 2.13. The zero-order chi connectivity index (χ0) is 17.5. The Labute approximate surface area is 150 Å². The summed E-state index contributed by atoms with van der Waals surface area (Å²) in [5.41, 5.74) is 2.65. The zero-order valence-corrected chi connectivity index (χ0v) is 14.6. The van der Waals surface area contributed by atoms with Crippen molar-refractivity contribution in [1.29, 1.82) is 0 Å². The Balaban J connectivity index is 0.00000100. The molecular weight excluding hydrogens is 350 g/mol. The van der Waals surface area contributed by atoms with E-state index in [1.807, 2.05) is 26.0 Å². The van der Waals surface area contributed by atoms with E-state index in [9.17, 15) is 4.53 Å². The average molecular weight is 365 g/mol. The number of nitrogens with zero attached hydrogens (tertiary/aromatic N) is 2. The Morgan fingerprint density at radius 3 is 1.71 bits per heavy atom. The predicted molar refractivity (Wildman–Crippen MR) is 96.0 cm³/mol. The number of hydrogen-bond acceptors (Lipinski definition) is 3. The number of benzene rings is 2. The molecular formula is C18H15Cl2FN2O. The SMILES string of the molecule is CC.FOc1cnc(-c2ccc(Cl)cc2)c(-c2ccc(Cl)cc2)n1. The molecule has 0 saturated heterocycles. The molecule has 0 unspecified atom stereocenters. The Bertz CT molecular complexity index is 793. The molecule has 0 radical (unpaired) electrons. The molecule has 1 aromatic heterocycles. The number of aromatic nitrogens is 2. The van der Waals surface area contributed by atoms with E-state index in [-0.39, 0.29) is 5.88 Å². The minimum Gasteiger partial charge on any atom is -0.272 e. The largest absolute Gasteiger partial charge is 0.281 e. The third kappa shape index (κ3) is 4.22. The van der Waals surface area contributed by atoms with Gasteiger partial charge >= 0.3 is 0 Å². The van der Waals surface area contributed by atoms with Crippen LogP contribution in [0.2, 0.25) is 10.0 Å². The van der Waals surface area contributed by atoms with Gasteiger partial charge in [0.15, 0.2) is 0 Å². The fourth-order valence-corrected chi connectivity index (χ4v) is 2.29. The Hall–Kier alpha value is -2.17. The molecule has 0 aliphatic carbocycles. The van der Waals surface area contributed by atoms with Gasteiger partial charge in [-0.1, -0.05) is 61.3 Å². The van der Waals surface area contributed by atoms with Gasteiger partial charge in [-0.05, 0) is 24.3 Å². The van der Waals surface area contributed by atoms with Crippen molar-refractivity contribution in [2.24, 2.45) is 0 Å². The second kappa shape index (κ2) is 8.62. The van der Waals surface area contributed by atoms with E-state index in [2.05, 4.69) is 14.9 Å². The fourth-order valence-electron chi connectivity index (χ4n) is 2.04. The summed E-state index contributed by atoms with van der Waals surface area (Å²) in [7, 11) is 0. The van der Waals surface area contributed by atoms with Gasteiger partial charge in [0.1, 0.15) is 5.69 Å². The molecule has 6 heteroatoms. The summed E-state index contributed by atoms with van der Waals surface area (Å²) in [6.07, 6.45) is 1.23. The van der Waals surface area contributed by atoms with Crippen molar-refractivity contribution in [1.82, 2.24) is 9.97 Å². The summed E-state index contributed by atoms with van der Waals surface area (Å²) >= 11 is 11.8. The third-order valence-electron chi connectivity index (χ3n) is 3.06. The molecule has 2 aromatic carbocycles. The second-order valence-corrected chi connectivity index (χ2v) is 5.37. The average Bonchev–Trinajstić information content (AvgIpc) is 2.64. The van der Waals surface area contributed by atoms with Crippen molar-refractivity contribution in [2.45, 2.75) is 13.8 Å². The van der Waals surface area contributed by atoms with E-state index in [1.165, 1.54) is 6.20 Å².